The van der Waals surface area contributed by atoms with Crippen molar-refractivity contribution < 1.29 is 9.53 Å². The summed E-state index contributed by atoms with van der Waals surface area (Å²) < 4.78 is 5.82. The smallest absolute Gasteiger partial charge is 0.186 e. The molecule has 1 fully saturated rings. The Morgan fingerprint density at radius 3 is 2.77 bits per heavy atom. The number of thiazole rings is 1. The molecule has 6 heteroatoms. The molecule has 2 aliphatic rings. The van der Waals surface area contributed by atoms with Crippen molar-refractivity contribution in [2.24, 2.45) is 5.41 Å². The topological polar surface area (TPSA) is 55.3 Å². The number of benzene rings is 1. The standard InChI is InChI=1S/C25H27N3O2S/c1-25(2)14-21-23(22(29)15-25)31-24(27-21)28-11-12-30-16-19(28)13-18-9-6-10-20(26-18)17-7-4-3-5-8-17/h3-10,19H,11-16H2,1-2H3. The average molecular weight is 434 g/mol. The van der Waals surface area contributed by atoms with Crippen molar-refractivity contribution in [3.05, 3.63) is 64.8 Å². The highest BCUT2D eigenvalue weighted by Crippen LogP contribution is 2.40. The number of pyridine rings is 1. The summed E-state index contributed by atoms with van der Waals surface area (Å²) in [6.07, 6.45) is 2.25. The van der Waals surface area contributed by atoms with Gasteiger partial charge in [0.05, 0.1) is 35.5 Å². The van der Waals surface area contributed by atoms with Gasteiger partial charge in [-0.2, -0.15) is 0 Å². The number of carbonyl (C=O) groups excluding carboxylic acids is 1. The first-order valence-electron chi connectivity index (χ1n) is 10.9. The second-order valence-electron chi connectivity index (χ2n) is 9.22. The molecule has 1 aliphatic carbocycles. The highest BCUT2D eigenvalue weighted by atomic mass is 32.1. The molecule has 0 saturated carbocycles. The van der Waals surface area contributed by atoms with Gasteiger partial charge in [-0.25, -0.2) is 4.98 Å². The number of hydrogen-bond acceptors (Lipinski definition) is 6. The van der Waals surface area contributed by atoms with Crippen LogP contribution in [0, 0.1) is 5.41 Å². The number of nitrogens with zero attached hydrogens (tertiary/aromatic N) is 3. The van der Waals surface area contributed by atoms with E-state index in [1.165, 1.54) is 0 Å². The zero-order valence-electron chi connectivity index (χ0n) is 18.0. The summed E-state index contributed by atoms with van der Waals surface area (Å²) in [7, 11) is 0. The van der Waals surface area contributed by atoms with E-state index in [0.717, 1.165) is 52.0 Å². The Bertz CT molecular complexity index is 1090. The van der Waals surface area contributed by atoms with E-state index in [0.29, 0.717) is 19.6 Å². The van der Waals surface area contributed by atoms with Gasteiger partial charge in [-0.15, -0.1) is 0 Å². The number of anilines is 1. The molecule has 0 N–H and O–H groups in total. The quantitative estimate of drug-likeness (QED) is 0.591. The maximum Gasteiger partial charge on any atom is 0.186 e. The van der Waals surface area contributed by atoms with Crippen molar-refractivity contribution in [2.75, 3.05) is 24.7 Å². The van der Waals surface area contributed by atoms with Crippen LogP contribution in [0.5, 0.6) is 0 Å². The fraction of sp³-hybridized carbons (Fsp3) is 0.400. The molecule has 5 rings (SSSR count). The number of morpholine rings is 1. The van der Waals surface area contributed by atoms with E-state index >= 15 is 0 Å². The number of carbonyl (C=O) groups is 1. The van der Waals surface area contributed by atoms with Gasteiger partial charge >= 0.3 is 0 Å². The van der Waals surface area contributed by atoms with E-state index in [1.54, 1.807) is 11.3 Å². The maximum atomic E-state index is 12.7. The van der Waals surface area contributed by atoms with Crippen LogP contribution >= 0.6 is 11.3 Å². The highest BCUT2D eigenvalue weighted by molar-refractivity contribution is 7.17. The van der Waals surface area contributed by atoms with Gasteiger partial charge in [0.1, 0.15) is 0 Å². The predicted molar refractivity (Wildman–Crippen MR) is 124 cm³/mol. The van der Waals surface area contributed by atoms with Gasteiger partial charge in [-0.05, 0) is 24.0 Å². The first kappa shape index (κ1) is 20.3. The van der Waals surface area contributed by atoms with Crippen molar-refractivity contribution in [1.29, 1.82) is 0 Å². The van der Waals surface area contributed by atoms with Crippen LogP contribution in [-0.2, 0) is 17.6 Å². The van der Waals surface area contributed by atoms with Crippen LogP contribution in [-0.4, -0.2) is 41.6 Å². The van der Waals surface area contributed by atoms with E-state index in [2.05, 4.69) is 49.1 Å². The van der Waals surface area contributed by atoms with Crippen molar-refractivity contribution in [3.8, 4) is 11.3 Å². The van der Waals surface area contributed by atoms with Gasteiger partial charge in [-0.3, -0.25) is 9.78 Å². The van der Waals surface area contributed by atoms with Gasteiger partial charge in [0.15, 0.2) is 10.9 Å². The van der Waals surface area contributed by atoms with E-state index in [1.807, 2.05) is 18.2 Å². The largest absolute Gasteiger partial charge is 0.377 e. The van der Waals surface area contributed by atoms with Crippen LogP contribution in [0.2, 0.25) is 0 Å². The predicted octanol–water partition coefficient (Wildman–Crippen LogP) is 4.81. The Hall–Kier alpha value is -2.57. The molecular weight excluding hydrogens is 406 g/mol. The monoisotopic (exact) mass is 433 g/mol. The van der Waals surface area contributed by atoms with E-state index in [-0.39, 0.29) is 17.2 Å². The molecule has 31 heavy (non-hydrogen) atoms. The minimum absolute atomic E-state index is 0.0123. The van der Waals surface area contributed by atoms with Crippen LogP contribution in [0.15, 0.2) is 48.5 Å². The molecular formula is C25H27N3O2S. The van der Waals surface area contributed by atoms with E-state index in [9.17, 15) is 4.79 Å². The minimum Gasteiger partial charge on any atom is -0.377 e. The third-order valence-electron chi connectivity index (χ3n) is 6.02. The van der Waals surface area contributed by atoms with Crippen molar-refractivity contribution in [1.82, 2.24) is 9.97 Å². The Morgan fingerprint density at radius 1 is 1.10 bits per heavy atom. The average Bonchev–Trinajstić information content (AvgIpc) is 3.18. The number of hydrogen-bond donors (Lipinski definition) is 0. The molecule has 1 aromatic carbocycles. The number of fused-ring (bicyclic) bond motifs is 1. The molecule has 0 radical (unpaired) electrons. The molecule has 1 aliphatic heterocycles. The summed E-state index contributed by atoms with van der Waals surface area (Å²) in [6.45, 7) is 6.40. The fourth-order valence-electron chi connectivity index (χ4n) is 4.51. The summed E-state index contributed by atoms with van der Waals surface area (Å²) in [5.74, 6) is 0.233. The lowest BCUT2D eigenvalue weighted by atomic mass is 9.78. The Balaban J connectivity index is 1.40. The molecule has 0 bridgehead atoms. The van der Waals surface area contributed by atoms with Crippen LogP contribution in [0.3, 0.4) is 0 Å². The SMILES string of the molecule is CC1(C)CC(=O)c2sc(N3CCOCC3Cc3cccc(-c4ccccc4)n3)nc2C1. The van der Waals surface area contributed by atoms with Gasteiger partial charge in [0, 0.05) is 30.6 Å². The number of ketones is 1. The van der Waals surface area contributed by atoms with E-state index < -0.39 is 0 Å². The van der Waals surface area contributed by atoms with E-state index in [4.69, 9.17) is 14.7 Å². The zero-order valence-corrected chi connectivity index (χ0v) is 18.8. The van der Waals surface area contributed by atoms with Gasteiger partial charge < -0.3 is 9.64 Å². The summed E-state index contributed by atoms with van der Waals surface area (Å²) in [5.41, 5.74) is 4.10. The summed E-state index contributed by atoms with van der Waals surface area (Å²) in [6, 6.07) is 16.6. The van der Waals surface area contributed by atoms with Gasteiger partial charge in [-0.1, -0.05) is 61.6 Å². The Kier molecular flexibility index (Phi) is 5.36. The maximum absolute atomic E-state index is 12.7. The molecule has 1 unspecified atom stereocenters. The number of rotatable bonds is 4. The summed E-state index contributed by atoms with van der Waals surface area (Å²) >= 11 is 1.55. The second kappa shape index (κ2) is 8.17. The molecule has 3 heterocycles. The van der Waals surface area contributed by atoms with Crippen LogP contribution in [0.25, 0.3) is 11.3 Å². The molecule has 3 aromatic rings. The third-order valence-corrected chi connectivity index (χ3v) is 7.19. The summed E-state index contributed by atoms with van der Waals surface area (Å²) in [4.78, 5) is 25.7. The highest BCUT2D eigenvalue weighted by Gasteiger charge is 2.36. The fourth-order valence-corrected chi connectivity index (χ4v) is 5.63. The third kappa shape index (κ3) is 4.27. The van der Waals surface area contributed by atoms with Gasteiger partial charge in [0.25, 0.3) is 0 Å². The number of ether oxygens (including phenoxy) is 1. The molecule has 0 spiro atoms. The number of Topliss-reactive ketones (excluding diaryl/α,β-unsaturated/α-hetero) is 1. The van der Waals surface area contributed by atoms with Crippen molar-refractivity contribution in [3.63, 3.8) is 0 Å². The van der Waals surface area contributed by atoms with Gasteiger partial charge in [0.2, 0.25) is 0 Å². The second-order valence-corrected chi connectivity index (χ2v) is 10.2. The van der Waals surface area contributed by atoms with Crippen molar-refractivity contribution >= 4 is 22.3 Å². The zero-order chi connectivity index (χ0) is 21.4. The molecule has 0 amide bonds. The molecule has 2 aromatic heterocycles. The molecule has 160 valence electrons. The Morgan fingerprint density at radius 2 is 1.94 bits per heavy atom. The van der Waals surface area contributed by atoms with Crippen molar-refractivity contribution in [2.45, 2.75) is 39.2 Å². The van der Waals surface area contributed by atoms with Crippen LogP contribution in [0.1, 0.15) is 41.3 Å². The first-order chi connectivity index (χ1) is 15.0. The normalized spacial score (nSPS) is 20.5. The minimum atomic E-state index is -0.0123. The lowest BCUT2D eigenvalue weighted by molar-refractivity contribution is 0.0915. The number of aromatic nitrogens is 2. The molecule has 5 nitrogen and oxygen atoms in total. The van der Waals surface area contributed by atoms with Crippen LogP contribution in [0.4, 0.5) is 5.13 Å². The lowest BCUT2D eigenvalue weighted by Crippen LogP contribution is -2.47. The molecule has 1 atom stereocenters. The lowest BCUT2D eigenvalue weighted by Gasteiger charge is -2.35. The molecule has 1 saturated heterocycles. The van der Waals surface area contributed by atoms with Crippen LogP contribution < -0.4 is 4.90 Å². The Labute approximate surface area is 187 Å². The summed E-state index contributed by atoms with van der Waals surface area (Å²) in [5, 5.41) is 0.948. The first-order valence-corrected chi connectivity index (χ1v) is 11.7.